The molecule has 2 aromatic carbocycles. The topological polar surface area (TPSA) is 37.4 Å². The molecule has 0 aliphatic carbocycles. The molecule has 0 spiro atoms. The number of rotatable bonds is 5. The molecule has 0 unspecified atom stereocenters. The Morgan fingerprint density at radius 3 is 2.35 bits per heavy atom. The molecule has 2 aromatic rings. The van der Waals surface area contributed by atoms with E-state index in [-0.39, 0.29) is 17.6 Å². The molecule has 1 heterocycles. The van der Waals surface area contributed by atoms with Crippen LogP contribution in [0.4, 0.5) is 5.69 Å². The maximum Gasteiger partial charge on any atom is 0.227 e. The fraction of sp³-hybridized carbons (Fsp3) is 0.304. The molecule has 3 rings (SSSR count). The maximum atomic E-state index is 13.0. The molecule has 0 atom stereocenters. The lowest BCUT2D eigenvalue weighted by molar-refractivity contribution is -0.122. The van der Waals surface area contributed by atoms with Crippen LogP contribution < -0.4 is 4.90 Å². The van der Waals surface area contributed by atoms with Crippen LogP contribution in [0.1, 0.15) is 49.8 Å². The van der Waals surface area contributed by atoms with Gasteiger partial charge in [-0.15, -0.1) is 0 Å². The highest BCUT2D eigenvalue weighted by atomic mass is 16.2. The summed E-state index contributed by atoms with van der Waals surface area (Å²) in [4.78, 5) is 26.7. The van der Waals surface area contributed by atoms with Crippen LogP contribution in [0, 0.1) is 5.92 Å². The van der Waals surface area contributed by atoms with Crippen molar-refractivity contribution in [2.75, 3.05) is 4.90 Å². The summed E-state index contributed by atoms with van der Waals surface area (Å²) in [5, 5.41) is 0. The van der Waals surface area contributed by atoms with Crippen LogP contribution >= 0.6 is 0 Å². The number of anilines is 1. The predicted molar refractivity (Wildman–Crippen MR) is 107 cm³/mol. The van der Waals surface area contributed by atoms with Crippen molar-refractivity contribution in [3.05, 3.63) is 65.2 Å². The van der Waals surface area contributed by atoms with Gasteiger partial charge in [-0.1, -0.05) is 68.5 Å². The lowest BCUT2D eigenvalue weighted by atomic mass is 10.00. The molecule has 0 aromatic heterocycles. The van der Waals surface area contributed by atoms with Gasteiger partial charge < -0.3 is 4.90 Å². The second-order valence-electron chi connectivity index (χ2n) is 7.05. The molecule has 0 saturated heterocycles. The Bertz CT molecular complexity index is 836. The number of fused-ring (bicyclic) bond motifs is 2. The zero-order valence-corrected chi connectivity index (χ0v) is 15.4. The van der Waals surface area contributed by atoms with Crippen molar-refractivity contribution < 1.29 is 9.59 Å². The van der Waals surface area contributed by atoms with E-state index in [2.05, 4.69) is 24.3 Å². The molecule has 0 saturated carbocycles. The van der Waals surface area contributed by atoms with Gasteiger partial charge >= 0.3 is 0 Å². The first-order valence-corrected chi connectivity index (χ1v) is 9.24. The average molecular weight is 347 g/mol. The van der Waals surface area contributed by atoms with Gasteiger partial charge in [-0.2, -0.15) is 0 Å². The van der Waals surface area contributed by atoms with E-state index in [1.807, 2.05) is 55.1 Å². The number of carbonyl (C=O) groups is 2. The normalized spacial score (nSPS) is 14.2. The first-order chi connectivity index (χ1) is 12.6. The predicted octanol–water partition coefficient (Wildman–Crippen LogP) is 5.10. The van der Waals surface area contributed by atoms with Gasteiger partial charge in [0, 0.05) is 18.8 Å². The summed E-state index contributed by atoms with van der Waals surface area (Å²) in [5.41, 5.74) is 4.23. The van der Waals surface area contributed by atoms with E-state index in [1.165, 1.54) is 0 Å². The molecule has 134 valence electrons. The minimum Gasteiger partial charge on any atom is -0.307 e. The molecule has 1 aliphatic rings. The third-order valence-electron chi connectivity index (χ3n) is 4.81. The van der Waals surface area contributed by atoms with Gasteiger partial charge in [-0.05, 0) is 29.2 Å². The van der Waals surface area contributed by atoms with Crippen LogP contribution in [0.2, 0.25) is 0 Å². The molecule has 0 fully saturated rings. The zero-order valence-electron chi connectivity index (χ0n) is 15.4. The summed E-state index contributed by atoms with van der Waals surface area (Å²) in [6.07, 6.45) is 5.63. The summed E-state index contributed by atoms with van der Waals surface area (Å²) >= 11 is 0. The number of nitrogens with zero attached hydrogens (tertiary/aromatic N) is 1. The van der Waals surface area contributed by atoms with Crippen LogP contribution in [0.5, 0.6) is 0 Å². The summed E-state index contributed by atoms with van der Waals surface area (Å²) in [6.45, 7) is 4.36. The van der Waals surface area contributed by atoms with Crippen molar-refractivity contribution in [2.24, 2.45) is 5.92 Å². The van der Waals surface area contributed by atoms with Crippen LogP contribution in [-0.4, -0.2) is 11.7 Å². The summed E-state index contributed by atoms with van der Waals surface area (Å²) in [5.74, 6) is 0.322. The Hall–Kier alpha value is -2.68. The zero-order chi connectivity index (χ0) is 18.5. The third kappa shape index (κ3) is 4.10. The minimum absolute atomic E-state index is 0.0320. The highest BCUT2D eigenvalue weighted by molar-refractivity contribution is 5.97. The van der Waals surface area contributed by atoms with Crippen molar-refractivity contribution >= 4 is 29.5 Å². The van der Waals surface area contributed by atoms with Gasteiger partial charge in [0.2, 0.25) is 5.91 Å². The van der Waals surface area contributed by atoms with Crippen molar-refractivity contribution in [1.82, 2.24) is 0 Å². The van der Waals surface area contributed by atoms with Crippen LogP contribution in [-0.2, 0) is 16.1 Å². The highest BCUT2D eigenvalue weighted by Crippen LogP contribution is 2.29. The molecule has 3 nitrogen and oxygen atoms in total. The molecule has 0 N–H and O–H groups in total. The average Bonchev–Trinajstić information content (AvgIpc) is 2.63. The molecular weight excluding hydrogens is 322 g/mol. The van der Waals surface area contributed by atoms with E-state index in [9.17, 15) is 9.59 Å². The monoisotopic (exact) mass is 347 g/mol. The molecular formula is C23H25NO2. The standard InChI is InChI=1S/C23H25NO2/c1-17(2)22(25)12-7-13-23(26)24-16-20-10-4-3-8-18(20)14-15-19-9-5-6-11-21(19)24/h3-6,8-11,14-15,17H,7,12-13,16H2,1-2H3/b15-14-. The fourth-order valence-corrected chi connectivity index (χ4v) is 3.21. The number of amides is 1. The number of para-hydroxylation sites is 1. The Labute approximate surface area is 155 Å². The molecule has 1 aliphatic heterocycles. The first-order valence-electron chi connectivity index (χ1n) is 9.24. The smallest absolute Gasteiger partial charge is 0.227 e. The van der Waals surface area contributed by atoms with Gasteiger partial charge in [0.05, 0.1) is 12.2 Å². The molecule has 1 amide bonds. The van der Waals surface area contributed by atoms with E-state index in [4.69, 9.17) is 0 Å². The van der Waals surface area contributed by atoms with E-state index < -0.39 is 0 Å². The largest absolute Gasteiger partial charge is 0.307 e. The number of benzene rings is 2. The number of Topliss-reactive ketones (excluding diaryl/α,β-unsaturated/α-hetero) is 1. The number of hydrogen-bond acceptors (Lipinski definition) is 2. The van der Waals surface area contributed by atoms with Crippen LogP contribution in [0.3, 0.4) is 0 Å². The summed E-state index contributed by atoms with van der Waals surface area (Å²) in [7, 11) is 0. The quantitative estimate of drug-likeness (QED) is 0.754. The second-order valence-corrected chi connectivity index (χ2v) is 7.05. The van der Waals surface area contributed by atoms with Crippen LogP contribution in [0.25, 0.3) is 12.2 Å². The maximum absolute atomic E-state index is 13.0. The third-order valence-corrected chi connectivity index (χ3v) is 4.81. The lowest BCUT2D eigenvalue weighted by Gasteiger charge is -2.27. The Balaban J connectivity index is 1.84. The van der Waals surface area contributed by atoms with E-state index in [0.29, 0.717) is 25.8 Å². The van der Waals surface area contributed by atoms with Gasteiger partial charge in [-0.25, -0.2) is 0 Å². The summed E-state index contributed by atoms with van der Waals surface area (Å²) in [6, 6.07) is 16.1. The Morgan fingerprint density at radius 1 is 0.923 bits per heavy atom. The fourth-order valence-electron chi connectivity index (χ4n) is 3.21. The second kappa shape index (κ2) is 8.13. The number of ketones is 1. The highest BCUT2D eigenvalue weighted by Gasteiger charge is 2.21. The van der Waals surface area contributed by atoms with Crippen molar-refractivity contribution in [2.45, 2.75) is 39.7 Å². The van der Waals surface area contributed by atoms with E-state index in [1.54, 1.807) is 0 Å². The van der Waals surface area contributed by atoms with Gasteiger partial charge in [0.15, 0.2) is 0 Å². The Morgan fingerprint density at radius 2 is 1.58 bits per heavy atom. The lowest BCUT2D eigenvalue weighted by Crippen LogP contribution is -2.31. The minimum atomic E-state index is 0.0320. The molecule has 0 bridgehead atoms. The number of hydrogen-bond donors (Lipinski definition) is 0. The van der Waals surface area contributed by atoms with Crippen LogP contribution in [0.15, 0.2) is 48.5 Å². The van der Waals surface area contributed by atoms with Gasteiger partial charge in [0.1, 0.15) is 5.78 Å². The van der Waals surface area contributed by atoms with Gasteiger partial charge in [-0.3, -0.25) is 9.59 Å². The van der Waals surface area contributed by atoms with Crippen molar-refractivity contribution in [1.29, 1.82) is 0 Å². The molecule has 0 radical (unpaired) electrons. The van der Waals surface area contributed by atoms with Gasteiger partial charge in [0.25, 0.3) is 0 Å². The SMILES string of the molecule is CC(C)C(=O)CCCC(=O)N1Cc2ccccc2/C=C\c2ccccc21. The van der Waals surface area contributed by atoms with Crippen molar-refractivity contribution in [3.63, 3.8) is 0 Å². The first kappa shape index (κ1) is 18.1. The van der Waals surface area contributed by atoms with E-state index >= 15 is 0 Å². The molecule has 3 heteroatoms. The van der Waals surface area contributed by atoms with E-state index in [0.717, 1.165) is 22.4 Å². The molecule has 26 heavy (non-hydrogen) atoms. The van der Waals surface area contributed by atoms with Crippen molar-refractivity contribution in [3.8, 4) is 0 Å². The number of carbonyl (C=O) groups excluding carboxylic acids is 2. The Kier molecular flexibility index (Phi) is 5.67. The summed E-state index contributed by atoms with van der Waals surface area (Å²) < 4.78 is 0.